The Morgan fingerprint density at radius 1 is 1.08 bits per heavy atom. The van der Waals surface area contributed by atoms with E-state index in [4.69, 9.17) is 14.2 Å². The maximum Gasteiger partial charge on any atom is 0.410 e. The van der Waals surface area contributed by atoms with Crippen LogP contribution in [0.1, 0.15) is 54.6 Å². The fraction of sp³-hybridized carbons (Fsp3) is 0.481. The van der Waals surface area contributed by atoms with Gasteiger partial charge in [-0.1, -0.05) is 30.3 Å². The monoisotopic (exact) mass is 536 g/mol. The highest BCUT2D eigenvalue weighted by molar-refractivity contribution is 5.86. The molecule has 1 fully saturated rings. The van der Waals surface area contributed by atoms with Crippen LogP contribution < -0.4 is 4.90 Å². The van der Waals surface area contributed by atoms with Crippen LogP contribution in [-0.2, 0) is 33.9 Å². The van der Waals surface area contributed by atoms with Crippen LogP contribution >= 0.6 is 0 Å². The van der Waals surface area contributed by atoms with E-state index in [1.807, 2.05) is 35.2 Å². The Hall–Kier alpha value is -4.40. The number of nitrogens with zero attached hydrogens (tertiary/aromatic N) is 6. The second-order valence-corrected chi connectivity index (χ2v) is 10.3. The lowest BCUT2D eigenvalue weighted by atomic mass is 10.1. The molecule has 0 spiro atoms. The first-order valence-corrected chi connectivity index (χ1v) is 12.6. The Balaban J connectivity index is 1.55. The van der Waals surface area contributed by atoms with E-state index in [1.54, 1.807) is 25.7 Å². The molecule has 2 amide bonds. The first-order valence-electron chi connectivity index (χ1n) is 12.6. The number of carbonyl (C=O) groups excluding carboxylic acids is 3. The van der Waals surface area contributed by atoms with E-state index in [2.05, 4.69) is 16.0 Å². The zero-order chi connectivity index (χ0) is 28.2. The van der Waals surface area contributed by atoms with Gasteiger partial charge in [-0.3, -0.25) is 4.90 Å². The lowest BCUT2D eigenvalue weighted by molar-refractivity contribution is 0.0240. The Bertz CT molecular complexity index is 1270. The van der Waals surface area contributed by atoms with Gasteiger partial charge in [-0.25, -0.2) is 24.4 Å². The summed E-state index contributed by atoms with van der Waals surface area (Å²) < 4.78 is 15.9. The highest BCUT2D eigenvalue weighted by atomic mass is 16.6. The molecule has 206 valence electrons. The Kier molecular flexibility index (Phi) is 8.18. The Morgan fingerprint density at radius 2 is 1.82 bits per heavy atom. The molecular formula is C27H32N6O6. The Morgan fingerprint density at radius 3 is 2.49 bits per heavy atom. The minimum atomic E-state index is -0.702. The second kappa shape index (κ2) is 11.6. The summed E-state index contributed by atoms with van der Waals surface area (Å²) in [5, 5.41) is 9.48. The van der Waals surface area contributed by atoms with Crippen molar-refractivity contribution >= 4 is 24.0 Å². The number of anilines is 1. The summed E-state index contributed by atoms with van der Waals surface area (Å²) in [5.74, 6) is -0.364. The van der Waals surface area contributed by atoms with E-state index in [-0.39, 0.29) is 45.0 Å². The molecule has 2 aliphatic rings. The SMILES string of the molecule is COC(=O)c1nc2c(c(N3CCN(C(=O)OCc4ccccc4)[C@@H](CC#N)C3)n1)CN(C(=O)OC(C)(C)C)C2. The van der Waals surface area contributed by atoms with Crippen molar-refractivity contribution in [2.45, 2.75) is 58.5 Å². The number of carbonyl (C=O) groups is 3. The number of methoxy groups -OCH3 is 1. The number of hydrogen-bond acceptors (Lipinski definition) is 10. The van der Waals surface area contributed by atoms with Crippen LogP contribution in [0, 0.1) is 11.3 Å². The topological polar surface area (TPSA) is 138 Å². The molecule has 1 aromatic carbocycles. The van der Waals surface area contributed by atoms with Crippen LogP contribution in [0.25, 0.3) is 0 Å². The molecule has 1 aromatic heterocycles. The number of benzene rings is 1. The van der Waals surface area contributed by atoms with Crippen LogP contribution in [0.2, 0.25) is 0 Å². The summed E-state index contributed by atoms with van der Waals surface area (Å²) in [6, 6.07) is 11.0. The van der Waals surface area contributed by atoms with Gasteiger partial charge in [0.2, 0.25) is 5.82 Å². The summed E-state index contributed by atoms with van der Waals surface area (Å²) in [7, 11) is 1.24. The lowest BCUT2D eigenvalue weighted by Crippen LogP contribution is -2.55. The van der Waals surface area contributed by atoms with E-state index in [0.717, 1.165) is 5.56 Å². The number of hydrogen-bond donors (Lipinski definition) is 0. The largest absolute Gasteiger partial charge is 0.463 e. The molecule has 0 bridgehead atoms. The van der Waals surface area contributed by atoms with E-state index < -0.39 is 29.8 Å². The molecule has 2 aliphatic heterocycles. The third-order valence-corrected chi connectivity index (χ3v) is 6.33. The zero-order valence-electron chi connectivity index (χ0n) is 22.5. The van der Waals surface area contributed by atoms with Gasteiger partial charge in [0, 0.05) is 25.2 Å². The molecule has 1 saturated heterocycles. The van der Waals surface area contributed by atoms with Crippen molar-refractivity contribution in [3.63, 3.8) is 0 Å². The molecule has 12 nitrogen and oxygen atoms in total. The molecule has 0 aliphatic carbocycles. The Labute approximate surface area is 227 Å². The normalized spacial score (nSPS) is 16.8. The van der Waals surface area contributed by atoms with E-state index in [1.165, 1.54) is 12.0 Å². The van der Waals surface area contributed by atoms with Crippen molar-refractivity contribution in [3.05, 3.63) is 53.0 Å². The van der Waals surface area contributed by atoms with Gasteiger partial charge in [-0.15, -0.1) is 0 Å². The number of piperazine rings is 1. The van der Waals surface area contributed by atoms with Gasteiger partial charge < -0.3 is 24.0 Å². The van der Waals surface area contributed by atoms with Gasteiger partial charge in [0.15, 0.2) is 0 Å². The maximum atomic E-state index is 12.9. The molecular weight excluding hydrogens is 504 g/mol. The van der Waals surface area contributed by atoms with Crippen molar-refractivity contribution < 1.29 is 28.6 Å². The van der Waals surface area contributed by atoms with Gasteiger partial charge in [0.1, 0.15) is 18.0 Å². The van der Waals surface area contributed by atoms with Gasteiger partial charge in [-0.2, -0.15) is 5.26 Å². The summed E-state index contributed by atoms with van der Waals surface area (Å²) in [5.41, 5.74) is 1.40. The predicted molar refractivity (Wildman–Crippen MR) is 138 cm³/mol. The van der Waals surface area contributed by atoms with E-state index >= 15 is 0 Å². The van der Waals surface area contributed by atoms with Gasteiger partial charge in [-0.05, 0) is 26.3 Å². The van der Waals surface area contributed by atoms with Crippen molar-refractivity contribution in [1.29, 1.82) is 5.26 Å². The number of amides is 2. The summed E-state index contributed by atoms with van der Waals surface area (Å²) >= 11 is 0. The number of fused-ring (bicyclic) bond motifs is 1. The summed E-state index contributed by atoms with van der Waals surface area (Å²) in [6.07, 6.45) is -0.921. The third-order valence-electron chi connectivity index (χ3n) is 6.33. The predicted octanol–water partition coefficient (Wildman–Crippen LogP) is 3.25. The number of ether oxygens (including phenoxy) is 3. The molecule has 2 aromatic rings. The van der Waals surface area contributed by atoms with Crippen molar-refractivity contribution in [3.8, 4) is 6.07 Å². The number of aromatic nitrogens is 2. The number of rotatable bonds is 5. The first kappa shape index (κ1) is 27.6. The molecule has 1 atom stereocenters. The molecule has 0 N–H and O–H groups in total. The molecule has 12 heteroatoms. The standard InChI is InChI=1S/C27H32N6O6/c1-27(2,3)39-25(35)32-15-20-21(16-32)29-22(24(34)37-4)30-23(20)31-12-13-33(19(14-31)10-11-28)26(36)38-17-18-8-6-5-7-9-18/h5-9,19H,10,12-17H2,1-4H3/t19-/m0/s1. The molecule has 3 heterocycles. The fourth-order valence-corrected chi connectivity index (χ4v) is 4.51. The summed E-state index contributed by atoms with van der Waals surface area (Å²) in [4.78, 5) is 51.9. The van der Waals surface area contributed by atoms with Gasteiger partial charge in [0.25, 0.3) is 0 Å². The third kappa shape index (κ3) is 6.54. The molecule has 39 heavy (non-hydrogen) atoms. The average Bonchev–Trinajstić information content (AvgIpc) is 3.35. The van der Waals surface area contributed by atoms with E-state index in [0.29, 0.717) is 23.6 Å². The number of nitriles is 1. The molecule has 0 saturated carbocycles. The second-order valence-electron chi connectivity index (χ2n) is 10.3. The highest BCUT2D eigenvalue weighted by Crippen LogP contribution is 2.32. The average molecular weight is 537 g/mol. The molecule has 4 rings (SSSR count). The first-order chi connectivity index (χ1) is 18.6. The van der Waals surface area contributed by atoms with E-state index in [9.17, 15) is 19.6 Å². The van der Waals surface area contributed by atoms with Crippen molar-refractivity contribution in [2.75, 3.05) is 31.6 Å². The minimum Gasteiger partial charge on any atom is -0.463 e. The van der Waals surface area contributed by atoms with Crippen LogP contribution in [0.5, 0.6) is 0 Å². The molecule has 0 unspecified atom stereocenters. The fourth-order valence-electron chi connectivity index (χ4n) is 4.51. The van der Waals surface area contributed by atoms with Gasteiger partial charge >= 0.3 is 18.2 Å². The van der Waals surface area contributed by atoms with Crippen LogP contribution in [0.4, 0.5) is 15.4 Å². The number of esters is 1. The van der Waals surface area contributed by atoms with Crippen molar-refractivity contribution in [2.24, 2.45) is 0 Å². The summed E-state index contributed by atoms with van der Waals surface area (Å²) in [6.45, 7) is 6.77. The van der Waals surface area contributed by atoms with Crippen LogP contribution in [0.3, 0.4) is 0 Å². The minimum absolute atomic E-state index is 0.0815. The smallest absolute Gasteiger partial charge is 0.410 e. The van der Waals surface area contributed by atoms with Gasteiger partial charge in [0.05, 0.1) is 44.4 Å². The van der Waals surface area contributed by atoms with Crippen LogP contribution in [-0.4, -0.2) is 76.3 Å². The zero-order valence-corrected chi connectivity index (χ0v) is 22.5. The quantitative estimate of drug-likeness (QED) is 0.413. The van der Waals surface area contributed by atoms with Crippen LogP contribution in [0.15, 0.2) is 30.3 Å². The maximum absolute atomic E-state index is 12.9. The molecule has 0 radical (unpaired) electrons. The van der Waals surface area contributed by atoms with Crippen molar-refractivity contribution in [1.82, 2.24) is 19.8 Å². The highest BCUT2D eigenvalue weighted by Gasteiger charge is 2.37. The lowest BCUT2D eigenvalue weighted by Gasteiger charge is -2.41.